The van der Waals surface area contributed by atoms with Gasteiger partial charge in [0.1, 0.15) is 0 Å². The standard InChI is InChI=1S/C10H22N2/c1-8(2)11-10-5-6-12(7-10)9(3)4/h8-11H,5-7H2,1-4H3. The summed E-state index contributed by atoms with van der Waals surface area (Å²) in [4.78, 5) is 2.54. The van der Waals surface area contributed by atoms with E-state index in [4.69, 9.17) is 0 Å². The lowest BCUT2D eigenvalue weighted by atomic mass is 10.2. The Morgan fingerprint density at radius 3 is 2.33 bits per heavy atom. The first kappa shape index (κ1) is 10.0. The molecule has 1 atom stereocenters. The van der Waals surface area contributed by atoms with Crippen LogP contribution in [-0.4, -0.2) is 36.1 Å². The Morgan fingerprint density at radius 1 is 1.25 bits per heavy atom. The molecular weight excluding hydrogens is 148 g/mol. The van der Waals surface area contributed by atoms with Crippen molar-refractivity contribution in [2.24, 2.45) is 0 Å². The smallest absolute Gasteiger partial charge is 0.0209 e. The Morgan fingerprint density at radius 2 is 1.92 bits per heavy atom. The predicted molar refractivity (Wildman–Crippen MR) is 53.4 cm³/mol. The fraction of sp³-hybridized carbons (Fsp3) is 1.00. The molecule has 72 valence electrons. The predicted octanol–water partition coefficient (Wildman–Crippen LogP) is 1.47. The third-order valence-electron chi connectivity index (χ3n) is 2.52. The van der Waals surface area contributed by atoms with Crippen molar-refractivity contribution in [1.29, 1.82) is 0 Å². The minimum Gasteiger partial charge on any atom is -0.310 e. The number of nitrogens with zero attached hydrogens (tertiary/aromatic N) is 1. The summed E-state index contributed by atoms with van der Waals surface area (Å²) in [7, 11) is 0. The van der Waals surface area contributed by atoms with Crippen LogP contribution in [0, 0.1) is 0 Å². The monoisotopic (exact) mass is 170 g/mol. The Kier molecular flexibility index (Phi) is 3.53. The molecule has 1 heterocycles. The van der Waals surface area contributed by atoms with E-state index in [9.17, 15) is 0 Å². The molecule has 1 rings (SSSR count). The summed E-state index contributed by atoms with van der Waals surface area (Å²) < 4.78 is 0. The first-order chi connectivity index (χ1) is 5.59. The van der Waals surface area contributed by atoms with Crippen molar-refractivity contribution in [1.82, 2.24) is 10.2 Å². The van der Waals surface area contributed by atoms with E-state index >= 15 is 0 Å². The van der Waals surface area contributed by atoms with Crippen molar-refractivity contribution in [3.05, 3.63) is 0 Å². The number of likely N-dealkylation sites (tertiary alicyclic amines) is 1. The molecule has 1 N–H and O–H groups in total. The molecule has 0 aromatic rings. The summed E-state index contributed by atoms with van der Waals surface area (Å²) >= 11 is 0. The molecule has 0 amide bonds. The molecule has 2 nitrogen and oxygen atoms in total. The normalized spacial score (nSPS) is 26.0. The van der Waals surface area contributed by atoms with Crippen molar-refractivity contribution in [3.63, 3.8) is 0 Å². The van der Waals surface area contributed by atoms with E-state index in [0.717, 1.165) is 6.04 Å². The second kappa shape index (κ2) is 4.24. The summed E-state index contributed by atoms with van der Waals surface area (Å²) in [5, 5.41) is 3.58. The van der Waals surface area contributed by atoms with Gasteiger partial charge < -0.3 is 5.32 Å². The molecule has 0 aromatic carbocycles. The number of hydrogen-bond donors (Lipinski definition) is 1. The number of hydrogen-bond acceptors (Lipinski definition) is 2. The maximum Gasteiger partial charge on any atom is 0.0209 e. The zero-order chi connectivity index (χ0) is 9.14. The summed E-state index contributed by atoms with van der Waals surface area (Å²) in [5.74, 6) is 0. The highest BCUT2D eigenvalue weighted by Gasteiger charge is 2.23. The summed E-state index contributed by atoms with van der Waals surface area (Å²) in [6.45, 7) is 11.5. The van der Waals surface area contributed by atoms with Crippen LogP contribution in [0.1, 0.15) is 34.1 Å². The van der Waals surface area contributed by atoms with Crippen LogP contribution in [-0.2, 0) is 0 Å². The molecule has 0 bridgehead atoms. The molecule has 1 saturated heterocycles. The van der Waals surface area contributed by atoms with Gasteiger partial charge in [0.25, 0.3) is 0 Å². The Bertz CT molecular complexity index is 132. The fourth-order valence-corrected chi connectivity index (χ4v) is 1.86. The first-order valence-corrected chi connectivity index (χ1v) is 5.09. The summed E-state index contributed by atoms with van der Waals surface area (Å²) in [6.07, 6.45) is 1.32. The number of nitrogens with one attached hydrogen (secondary N) is 1. The van der Waals surface area contributed by atoms with E-state index in [-0.39, 0.29) is 0 Å². The van der Waals surface area contributed by atoms with Gasteiger partial charge in [0.15, 0.2) is 0 Å². The molecule has 0 aliphatic carbocycles. The SMILES string of the molecule is CC(C)NC1CCN(C(C)C)C1. The van der Waals surface area contributed by atoms with Crippen LogP contribution < -0.4 is 5.32 Å². The van der Waals surface area contributed by atoms with Crippen molar-refractivity contribution < 1.29 is 0 Å². The highest BCUT2D eigenvalue weighted by atomic mass is 15.2. The van der Waals surface area contributed by atoms with Crippen molar-refractivity contribution in [3.8, 4) is 0 Å². The van der Waals surface area contributed by atoms with Crippen LogP contribution in [0.2, 0.25) is 0 Å². The minimum atomic E-state index is 0.627. The van der Waals surface area contributed by atoms with E-state index in [1.54, 1.807) is 0 Å². The summed E-state index contributed by atoms with van der Waals surface area (Å²) in [6, 6.07) is 2.07. The highest BCUT2D eigenvalue weighted by molar-refractivity contribution is 4.83. The van der Waals surface area contributed by atoms with Gasteiger partial charge in [0.2, 0.25) is 0 Å². The van der Waals surface area contributed by atoms with Crippen LogP contribution in [0.15, 0.2) is 0 Å². The van der Waals surface area contributed by atoms with Crippen molar-refractivity contribution >= 4 is 0 Å². The lowest BCUT2D eigenvalue weighted by Crippen LogP contribution is -2.38. The van der Waals surface area contributed by atoms with Crippen LogP contribution in [0.3, 0.4) is 0 Å². The molecule has 0 aromatic heterocycles. The minimum absolute atomic E-state index is 0.627. The van der Waals surface area contributed by atoms with Crippen LogP contribution in [0.25, 0.3) is 0 Å². The Hall–Kier alpha value is -0.0800. The van der Waals surface area contributed by atoms with Crippen LogP contribution in [0.5, 0.6) is 0 Å². The Labute approximate surface area is 76.3 Å². The van der Waals surface area contributed by atoms with Gasteiger partial charge >= 0.3 is 0 Å². The molecule has 1 aliphatic rings. The molecule has 0 saturated carbocycles. The third-order valence-corrected chi connectivity index (χ3v) is 2.52. The Balaban J connectivity index is 2.26. The van der Waals surface area contributed by atoms with E-state index in [1.165, 1.54) is 19.5 Å². The van der Waals surface area contributed by atoms with Crippen LogP contribution in [0.4, 0.5) is 0 Å². The molecular formula is C10H22N2. The zero-order valence-electron chi connectivity index (χ0n) is 8.80. The maximum absolute atomic E-state index is 3.58. The van der Waals surface area contributed by atoms with Gasteiger partial charge in [0.05, 0.1) is 0 Å². The third kappa shape index (κ3) is 2.76. The van der Waals surface area contributed by atoms with Gasteiger partial charge in [0, 0.05) is 24.7 Å². The second-order valence-electron chi connectivity index (χ2n) is 4.40. The molecule has 1 unspecified atom stereocenters. The average Bonchev–Trinajstić information content (AvgIpc) is 2.34. The van der Waals surface area contributed by atoms with E-state index < -0.39 is 0 Å². The van der Waals surface area contributed by atoms with Gasteiger partial charge in [-0.05, 0) is 26.8 Å². The van der Waals surface area contributed by atoms with Gasteiger partial charge in [-0.1, -0.05) is 13.8 Å². The molecule has 12 heavy (non-hydrogen) atoms. The average molecular weight is 170 g/mol. The van der Waals surface area contributed by atoms with E-state index in [2.05, 4.69) is 37.9 Å². The topological polar surface area (TPSA) is 15.3 Å². The van der Waals surface area contributed by atoms with E-state index in [0.29, 0.717) is 12.1 Å². The molecule has 0 spiro atoms. The molecule has 2 heteroatoms. The molecule has 0 radical (unpaired) electrons. The maximum atomic E-state index is 3.58. The largest absolute Gasteiger partial charge is 0.310 e. The van der Waals surface area contributed by atoms with Crippen molar-refractivity contribution in [2.75, 3.05) is 13.1 Å². The van der Waals surface area contributed by atoms with Gasteiger partial charge in [-0.15, -0.1) is 0 Å². The lowest BCUT2D eigenvalue weighted by molar-refractivity contribution is 0.266. The highest BCUT2D eigenvalue weighted by Crippen LogP contribution is 2.12. The van der Waals surface area contributed by atoms with Gasteiger partial charge in [-0.3, -0.25) is 4.90 Å². The fourth-order valence-electron chi connectivity index (χ4n) is 1.86. The zero-order valence-corrected chi connectivity index (χ0v) is 8.80. The van der Waals surface area contributed by atoms with Crippen LogP contribution >= 0.6 is 0 Å². The summed E-state index contributed by atoms with van der Waals surface area (Å²) in [5.41, 5.74) is 0. The van der Waals surface area contributed by atoms with E-state index in [1.807, 2.05) is 0 Å². The quantitative estimate of drug-likeness (QED) is 0.690. The number of rotatable bonds is 3. The van der Waals surface area contributed by atoms with Gasteiger partial charge in [-0.2, -0.15) is 0 Å². The first-order valence-electron chi connectivity index (χ1n) is 5.09. The van der Waals surface area contributed by atoms with Crippen molar-refractivity contribution in [2.45, 2.75) is 52.2 Å². The second-order valence-corrected chi connectivity index (χ2v) is 4.40. The molecule has 1 fully saturated rings. The lowest BCUT2D eigenvalue weighted by Gasteiger charge is -2.21. The molecule has 1 aliphatic heterocycles. The van der Waals surface area contributed by atoms with Gasteiger partial charge in [-0.25, -0.2) is 0 Å².